The van der Waals surface area contributed by atoms with Gasteiger partial charge in [0.25, 0.3) is 0 Å². The smallest absolute Gasteiger partial charge is 0.136 e. The minimum absolute atomic E-state index is 0.0687. The highest BCUT2D eigenvalue weighted by atomic mass is 35.5. The average Bonchev–Trinajstić information content (AvgIpc) is 2.94. The molecule has 0 saturated heterocycles. The maximum absolute atomic E-state index is 6.17. The Morgan fingerprint density at radius 1 is 1.38 bits per heavy atom. The fourth-order valence-electron chi connectivity index (χ4n) is 1.94. The van der Waals surface area contributed by atoms with Gasteiger partial charge >= 0.3 is 0 Å². The molecule has 88 valence electrons. The van der Waals surface area contributed by atoms with Crippen molar-refractivity contribution in [3.63, 3.8) is 0 Å². The Morgan fingerprint density at radius 3 is 2.62 bits per heavy atom. The summed E-state index contributed by atoms with van der Waals surface area (Å²) in [4.78, 5) is 8.65. The Labute approximate surface area is 101 Å². The van der Waals surface area contributed by atoms with Gasteiger partial charge in [0.2, 0.25) is 0 Å². The molecule has 0 bridgehead atoms. The quantitative estimate of drug-likeness (QED) is 0.821. The Balaban J connectivity index is 2.17. The molecule has 0 spiro atoms. The lowest BCUT2D eigenvalue weighted by Gasteiger charge is -2.12. The van der Waals surface area contributed by atoms with Gasteiger partial charge in [-0.2, -0.15) is 0 Å². The van der Waals surface area contributed by atoms with E-state index in [0.717, 1.165) is 49.2 Å². The fraction of sp³-hybridized carbons (Fsp3) is 0.667. The van der Waals surface area contributed by atoms with E-state index in [1.54, 1.807) is 0 Å². The molecule has 3 nitrogen and oxygen atoms in total. The minimum Gasteiger partial charge on any atom is -0.325 e. The van der Waals surface area contributed by atoms with E-state index in [4.69, 9.17) is 17.3 Å². The predicted octanol–water partition coefficient (Wildman–Crippen LogP) is 2.42. The number of aromatic nitrogens is 2. The lowest BCUT2D eigenvalue weighted by atomic mass is 10.0. The van der Waals surface area contributed by atoms with Crippen LogP contribution in [0.3, 0.4) is 0 Å². The third-order valence-electron chi connectivity index (χ3n) is 3.25. The van der Waals surface area contributed by atoms with Crippen LogP contribution in [0.4, 0.5) is 0 Å². The SMILES string of the molecule is CCc1nc(C)nc(Cl)c1CCC1(N)CC1. The van der Waals surface area contributed by atoms with Gasteiger partial charge in [-0.25, -0.2) is 9.97 Å². The van der Waals surface area contributed by atoms with Crippen molar-refractivity contribution in [2.45, 2.75) is 51.5 Å². The van der Waals surface area contributed by atoms with E-state index in [-0.39, 0.29) is 5.54 Å². The van der Waals surface area contributed by atoms with Crippen molar-refractivity contribution in [3.8, 4) is 0 Å². The standard InChI is InChI=1S/C12H18ClN3/c1-3-10-9(4-5-12(14)6-7-12)11(13)16-8(2)15-10/h3-7,14H2,1-2H3. The van der Waals surface area contributed by atoms with Crippen LogP contribution in [-0.4, -0.2) is 15.5 Å². The topological polar surface area (TPSA) is 51.8 Å². The molecule has 1 heterocycles. The van der Waals surface area contributed by atoms with E-state index >= 15 is 0 Å². The number of rotatable bonds is 4. The summed E-state index contributed by atoms with van der Waals surface area (Å²) in [5, 5.41) is 0.605. The van der Waals surface area contributed by atoms with Gasteiger partial charge in [0.15, 0.2) is 0 Å². The predicted molar refractivity (Wildman–Crippen MR) is 65.6 cm³/mol. The van der Waals surface area contributed by atoms with Gasteiger partial charge in [-0.1, -0.05) is 18.5 Å². The van der Waals surface area contributed by atoms with Crippen LogP contribution in [0.5, 0.6) is 0 Å². The van der Waals surface area contributed by atoms with E-state index in [2.05, 4.69) is 16.9 Å². The largest absolute Gasteiger partial charge is 0.325 e. The number of hydrogen-bond donors (Lipinski definition) is 1. The molecule has 1 saturated carbocycles. The summed E-state index contributed by atoms with van der Waals surface area (Å²) in [6, 6.07) is 0. The molecule has 0 unspecified atom stereocenters. The number of halogens is 1. The zero-order chi connectivity index (χ0) is 11.8. The van der Waals surface area contributed by atoms with Crippen molar-refractivity contribution < 1.29 is 0 Å². The van der Waals surface area contributed by atoms with E-state index < -0.39 is 0 Å². The van der Waals surface area contributed by atoms with Crippen LogP contribution in [0.1, 0.15) is 43.3 Å². The first kappa shape index (κ1) is 11.8. The normalized spacial score (nSPS) is 17.5. The summed E-state index contributed by atoms with van der Waals surface area (Å²) in [5.41, 5.74) is 8.31. The summed E-state index contributed by atoms with van der Waals surface area (Å²) in [6.45, 7) is 3.97. The second kappa shape index (κ2) is 4.30. The van der Waals surface area contributed by atoms with E-state index in [1.165, 1.54) is 0 Å². The summed E-state index contributed by atoms with van der Waals surface area (Å²) in [5.74, 6) is 0.750. The monoisotopic (exact) mass is 239 g/mol. The van der Waals surface area contributed by atoms with Gasteiger partial charge in [0.05, 0.1) is 0 Å². The van der Waals surface area contributed by atoms with Crippen LogP contribution >= 0.6 is 11.6 Å². The van der Waals surface area contributed by atoms with Gasteiger partial charge in [-0.15, -0.1) is 0 Å². The molecule has 0 atom stereocenters. The first-order valence-electron chi connectivity index (χ1n) is 5.85. The third kappa shape index (κ3) is 2.53. The van der Waals surface area contributed by atoms with Crippen molar-refractivity contribution in [3.05, 3.63) is 22.2 Å². The van der Waals surface area contributed by atoms with Crippen LogP contribution in [0, 0.1) is 6.92 Å². The molecule has 16 heavy (non-hydrogen) atoms. The molecule has 0 amide bonds. The minimum atomic E-state index is 0.0687. The first-order valence-corrected chi connectivity index (χ1v) is 6.22. The van der Waals surface area contributed by atoms with E-state index in [1.807, 2.05) is 6.92 Å². The molecule has 0 radical (unpaired) electrons. The molecule has 0 aliphatic heterocycles. The Kier molecular flexibility index (Phi) is 3.17. The summed E-state index contributed by atoms with van der Waals surface area (Å²) < 4.78 is 0. The zero-order valence-corrected chi connectivity index (χ0v) is 10.6. The Hall–Kier alpha value is -0.670. The average molecular weight is 240 g/mol. The van der Waals surface area contributed by atoms with E-state index in [0.29, 0.717) is 5.15 Å². The van der Waals surface area contributed by atoms with Crippen LogP contribution in [0.2, 0.25) is 5.15 Å². The molecule has 0 aromatic carbocycles. The van der Waals surface area contributed by atoms with Crippen molar-refractivity contribution >= 4 is 11.6 Å². The molecule has 1 aliphatic rings. The molecule has 1 fully saturated rings. The number of hydrogen-bond acceptors (Lipinski definition) is 3. The fourth-order valence-corrected chi connectivity index (χ4v) is 2.27. The van der Waals surface area contributed by atoms with Crippen LogP contribution in [0.25, 0.3) is 0 Å². The highest BCUT2D eigenvalue weighted by Gasteiger charge is 2.37. The van der Waals surface area contributed by atoms with Crippen LogP contribution in [-0.2, 0) is 12.8 Å². The highest BCUT2D eigenvalue weighted by molar-refractivity contribution is 6.30. The summed E-state index contributed by atoms with van der Waals surface area (Å²) in [6.07, 6.45) is 5.07. The van der Waals surface area contributed by atoms with Gasteiger partial charge in [0.1, 0.15) is 11.0 Å². The molecule has 4 heteroatoms. The molecule has 2 N–H and O–H groups in total. The maximum atomic E-state index is 6.17. The maximum Gasteiger partial charge on any atom is 0.136 e. The molecule has 1 aliphatic carbocycles. The Bertz CT molecular complexity index is 399. The number of aryl methyl sites for hydroxylation is 2. The third-order valence-corrected chi connectivity index (χ3v) is 3.57. The number of nitrogens with two attached hydrogens (primary N) is 1. The summed E-state index contributed by atoms with van der Waals surface area (Å²) >= 11 is 6.17. The second-order valence-corrected chi connectivity index (χ2v) is 5.06. The van der Waals surface area contributed by atoms with Crippen LogP contribution < -0.4 is 5.73 Å². The molecular formula is C12H18ClN3. The molecular weight excluding hydrogens is 222 g/mol. The van der Waals surface area contributed by atoms with Gasteiger partial charge in [0, 0.05) is 16.8 Å². The van der Waals surface area contributed by atoms with Gasteiger partial charge in [-0.3, -0.25) is 0 Å². The highest BCUT2D eigenvalue weighted by Crippen LogP contribution is 2.37. The first-order chi connectivity index (χ1) is 7.54. The van der Waals surface area contributed by atoms with Gasteiger partial charge < -0.3 is 5.73 Å². The van der Waals surface area contributed by atoms with Crippen molar-refractivity contribution in [1.29, 1.82) is 0 Å². The summed E-state index contributed by atoms with van der Waals surface area (Å²) in [7, 11) is 0. The lowest BCUT2D eigenvalue weighted by molar-refractivity contribution is 0.604. The Morgan fingerprint density at radius 2 is 2.06 bits per heavy atom. The van der Waals surface area contributed by atoms with Crippen molar-refractivity contribution in [1.82, 2.24) is 9.97 Å². The van der Waals surface area contributed by atoms with E-state index in [9.17, 15) is 0 Å². The van der Waals surface area contributed by atoms with Crippen molar-refractivity contribution in [2.24, 2.45) is 5.73 Å². The van der Waals surface area contributed by atoms with Crippen LogP contribution in [0.15, 0.2) is 0 Å². The molecule has 2 rings (SSSR count). The van der Waals surface area contributed by atoms with Crippen molar-refractivity contribution in [2.75, 3.05) is 0 Å². The second-order valence-electron chi connectivity index (χ2n) is 4.70. The molecule has 1 aromatic heterocycles. The van der Waals surface area contributed by atoms with Gasteiger partial charge in [-0.05, 0) is 39.0 Å². The molecule has 1 aromatic rings. The lowest BCUT2D eigenvalue weighted by Crippen LogP contribution is -2.22. The number of nitrogens with zero attached hydrogens (tertiary/aromatic N) is 2. The zero-order valence-electron chi connectivity index (χ0n) is 9.89.